The van der Waals surface area contributed by atoms with Gasteiger partial charge in [-0.05, 0) is 36.9 Å². The molecular weight excluding hydrogens is 345 g/mol. The summed E-state index contributed by atoms with van der Waals surface area (Å²) in [5.41, 5.74) is 0.930. The van der Waals surface area contributed by atoms with Gasteiger partial charge in [-0.3, -0.25) is 0 Å². The summed E-state index contributed by atoms with van der Waals surface area (Å²) >= 11 is 9.24. The molecule has 0 aliphatic heterocycles. The zero-order valence-electron chi connectivity index (χ0n) is 10.9. The highest BCUT2D eigenvalue weighted by molar-refractivity contribution is 9.10. The summed E-state index contributed by atoms with van der Waals surface area (Å²) in [6, 6.07) is 9.82. The lowest BCUT2D eigenvalue weighted by Crippen LogP contribution is -2.12. The SMILES string of the molecule is CCNCc1cc(Cl)ccc1Oc1cc(F)cc(Br)c1. The largest absolute Gasteiger partial charge is 0.457 e. The lowest BCUT2D eigenvalue weighted by Gasteiger charge is -2.12. The molecule has 0 atom stereocenters. The van der Waals surface area contributed by atoms with E-state index >= 15 is 0 Å². The van der Waals surface area contributed by atoms with Crippen LogP contribution in [0.1, 0.15) is 12.5 Å². The molecule has 0 unspecified atom stereocenters. The average Bonchev–Trinajstić information content (AvgIpc) is 2.38. The minimum atomic E-state index is -0.350. The van der Waals surface area contributed by atoms with Crippen molar-refractivity contribution in [2.24, 2.45) is 0 Å². The first kappa shape index (κ1) is 15.3. The van der Waals surface area contributed by atoms with E-state index in [1.54, 1.807) is 18.2 Å². The van der Waals surface area contributed by atoms with Crippen molar-refractivity contribution in [3.05, 3.63) is 57.3 Å². The first-order valence-corrected chi connectivity index (χ1v) is 7.38. The van der Waals surface area contributed by atoms with Crippen LogP contribution in [0.2, 0.25) is 5.02 Å². The predicted octanol–water partition coefficient (Wildman–Crippen LogP) is 5.14. The highest BCUT2D eigenvalue weighted by Gasteiger charge is 2.07. The molecule has 0 saturated carbocycles. The topological polar surface area (TPSA) is 21.3 Å². The fourth-order valence-corrected chi connectivity index (χ4v) is 2.40. The number of rotatable bonds is 5. The van der Waals surface area contributed by atoms with Crippen LogP contribution in [0.4, 0.5) is 4.39 Å². The van der Waals surface area contributed by atoms with Gasteiger partial charge in [-0.2, -0.15) is 0 Å². The monoisotopic (exact) mass is 357 g/mol. The van der Waals surface area contributed by atoms with Crippen LogP contribution in [0.3, 0.4) is 0 Å². The maximum atomic E-state index is 13.4. The van der Waals surface area contributed by atoms with Crippen LogP contribution >= 0.6 is 27.5 Å². The highest BCUT2D eigenvalue weighted by Crippen LogP contribution is 2.30. The molecule has 20 heavy (non-hydrogen) atoms. The van der Waals surface area contributed by atoms with Gasteiger partial charge in [0, 0.05) is 27.7 Å². The molecule has 0 aliphatic rings. The van der Waals surface area contributed by atoms with Crippen LogP contribution in [-0.4, -0.2) is 6.54 Å². The van der Waals surface area contributed by atoms with Crippen molar-refractivity contribution in [1.82, 2.24) is 5.32 Å². The van der Waals surface area contributed by atoms with Crippen molar-refractivity contribution < 1.29 is 9.13 Å². The van der Waals surface area contributed by atoms with Gasteiger partial charge in [-0.15, -0.1) is 0 Å². The number of hydrogen-bond acceptors (Lipinski definition) is 2. The van der Waals surface area contributed by atoms with E-state index in [1.807, 2.05) is 13.0 Å². The molecule has 0 radical (unpaired) electrons. The predicted molar refractivity (Wildman–Crippen MR) is 83.0 cm³/mol. The van der Waals surface area contributed by atoms with E-state index in [1.165, 1.54) is 12.1 Å². The smallest absolute Gasteiger partial charge is 0.132 e. The van der Waals surface area contributed by atoms with Crippen molar-refractivity contribution >= 4 is 27.5 Å². The fraction of sp³-hybridized carbons (Fsp3) is 0.200. The Kier molecular flexibility index (Phi) is 5.40. The molecule has 0 heterocycles. The molecule has 2 rings (SSSR count). The van der Waals surface area contributed by atoms with Crippen molar-refractivity contribution in [3.63, 3.8) is 0 Å². The number of hydrogen-bond donors (Lipinski definition) is 1. The summed E-state index contributed by atoms with van der Waals surface area (Å²) in [5.74, 6) is 0.751. The number of halogens is 3. The van der Waals surface area contributed by atoms with E-state index < -0.39 is 0 Å². The summed E-state index contributed by atoms with van der Waals surface area (Å²) in [4.78, 5) is 0. The molecule has 5 heteroatoms. The van der Waals surface area contributed by atoms with Gasteiger partial charge in [-0.1, -0.05) is 34.5 Å². The van der Waals surface area contributed by atoms with E-state index in [0.29, 0.717) is 27.5 Å². The molecule has 0 fully saturated rings. The quantitative estimate of drug-likeness (QED) is 0.798. The van der Waals surface area contributed by atoms with Gasteiger partial charge in [0.1, 0.15) is 17.3 Å². The van der Waals surface area contributed by atoms with Crippen LogP contribution in [0.15, 0.2) is 40.9 Å². The molecule has 2 nitrogen and oxygen atoms in total. The molecule has 1 N–H and O–H groups in total. The Morgan fingerprint density at radius 1 is 1.25 bits per heavy atom. The second-order valence-corrected chi connectivity index (χ2v) is 5.59. The number of nitrogens with one attached hydrogen (secondary N) is 1. The molecule has 0 saturated heterocycles. The minimum Gasteiger partial charge on any atom is -0.457 e. The Morgan fingerprint density at radius 2 is 2.05 bits per heavy atom. The van der Waals surface area contributed by atoms with Crippen LogP contribution in [-0.2, 0) is 6.54 Å². The standard InChI is InChI=1S/C15H14BrClFNO/c1-2-19-9-10-5-12(17)3-4-15(10)20-14-7-11(16)6-13(18)8-14/h3-8,19H,2,9H2,1H3. The zero-order chi connectivity index (χ0) is 14.5. The normalized spacial score (nSPS) is 10.6. The molecule has 0 amide bonds. The third kappa shape index (κ3) is 4.20. The lowest BCUT2D eigenvalue weighted by molar-refractivity contribution is 0.467. The van der Waals surface area contributed by atoms with Gasteiger partial charge in [0.05, 0.1) is 0 Å². The Hall–Kier alpha value is -1.10. The van der Waals surface area contributed by atoms with Gasteiger partial charge < -0.3 is 10.1 Å². The molecule has 106 valence electrons. The van der Waals surface area contributed by atoms with E-state index in [4.69, 9.17) is 16.3 Å². The van der Waals surface area contributed by atoms with Gasteiger partial charge >= 0.3 is 0 Å². The number of benzene rings is 2. The number of ether oxygens (including phenoxy) is 1. The molecular formula is C15H14BrClFNO. The lowest BCUT2D eigenvalue weighted by atomic mass is 10.2. The van der Waals surface area contributed by atoms with Crippen LogP contribution in [0.5, 0.6) is 11.5 Å². The minimum absolute atomic E-state index is 0.350. The Labute approximate surface area is 131 Å². The van der Waals surface area contributed by atoms with E-state index in [9.17, 15) is 4.39 Å². The second-order valence-electron chi connectivity index (χ2n) is 4.24. The average molecular weight is 359 g/mol. The first-order valence-electron chi connectivity index (χ1n) is 6.21. The van der Waals surface area contributed by atoms with Crippen molar-refractivity contribution in [1.29, 1.82) is 0 Å². The third-order valence-electron chi connectivity index (χ3n) is 2.65. The van der Waals surface area contributed by atoms with Crippen molar-refractivity contribution in [3.8, 4) is 11.5 Å². The molecule has 0 bridgehead atoms. The second kappa shape index (κ2) is 7.07. The van der Waals surface area contributed by atoms with E-state index in [0.717, 1.165) is 12.1 Å². The first-order chi connectivity index (χ1) is 9.58. The van der Waals surface area contributed by atoms with Crippen molar-refractivity contribution in [2.75, 3.05) is 6.54 Å². The van der Waals surface area contributed by atoms with Gasteiger partial charge in [-0.25, -0.2) is 4.39 Å². The van der Waals surface area contributed by atoms with Crippen molar-refractivity contribution in [2.45, 2.75) is 13.5 Å². The fourth-order valence-electron chi connectivity index (χ4n) is 1.76. The van der Waals surface area contributed by atoms with E-state index in [2.05, 4.69) is 21.2 Å². The summed E-state index contributed by atoms with van der Waals surface area (Å²) in [6.07, 6.45) is 0. The molecule has 0 aliphatic carbocycles. The molecule has 2 aromatic rings. The summed E-state index contributed by atoms with van der Waals surface area (Å²) in [5, 5.41) is 3.86. The summed E-state index contributed by atoms with van der Waals surface area (Å²) in [7, 11) is 0. The van der Waals surface area contributed by atoms with Gasteiger partial charge in [0.15, 0.2) is 0 Å². The Bertz CT molecular complexity index is 586. The van der Waals surface area contributed by atoms with Gasteiger partial charge in [0.2, 0.25) is 0 Å². The summed E-state index contributed by atoms with van der Waals surface area (Å²) < 4.78 is 19.7. The zero-order valence-corrected chi connectivity index (χ0v) is 13.3. The maximum Gasteiger partial charge on any atom is 0.132 e. The van der Waals surface area contributed by atoms with E-state index in [-0.39, 0.29) is 5.82 Å². The van der Waals surface area contributed by atoms with Crippen LogP contribution in [0.25, 0.3) is 0 Å². The highest BCUT2D eigenvalue weighted by atomic mass is 79.9. The van der Waals surface area contributed by atoms with Gasteiger partial charge in [0.25, 0.3) is 0 Å². The Balaban J connectivity index is 2.27. The molecule has 0 aromatic heterocycles. The third-order valence-corrected chi connectivity index (χ3v) is 3.34. The maximum absolute atomic E-state index is 13.4. The summed E-state index contributed by atoms with van der Waals surface area (Å²) in [6.45, 7) is 3.51. The molecule has 2 aromatic carbocycles. The molecule has 0 spiro atoms. The van der Waals surface area contributed by atoms with Crippen LogP contribution in [0, 0.1) is 5.82 Å². The van der Waals surface area contributed by atoms with Crippen LogP contribution < -0.4 is 10.1 Å². The Morgan fingerprint density at radius 3 is 2.75 bits per heavy atom.